The highest BCUT2D eigenvalue weighted by molar-refractivity contribution is 5.19. The molecular formula is C16H25NO. The minimum Gasteiger partial charge on any atom is -0.391 e. The zero-order valence-corrected chi connectivity index (χ0v) is 11.1. The third-order valence-electron chi connectivity index (χ3n) is 4.19. The van der Waals surface area contributed by atoms with Crippen LogP contribution in [0.1, 0.15) is 56.6 Å². The molecule has 1 aromatic rings. The van der Waals surface area contributed by atoms with Crippen molar-refractivity contribution >= 4 is 0 Å². The summed E-state index contributed by atoms with van der Waals surface area (Å²) in [4.78, 5) is 0. The first-order valence-corrected chi connectivity index (χ1v) is 7.27. The summed E-state index contributed by atoms with van der Waals surface area (Å²) < 4.78 is 0. The molecule has 0 amide bonds. The highest BCUT2D eigenvalue weighted by Gasteiger charge is 2.26. The van der Waals surface area contributed by atoms with Gasteiger partial charge in [-0.05, 0) is 24.3 Å². The Balaban J connectivity index is 1.98. The molecular weight excluding hydrogens is 222 g/mol. The second-order valence-corrected chi connectivity index (χ2v) is 5.53. The van der Waals surface area contributed by atoms with Gasteiger partial charge in [-0.25, -0.2) is 0 Å². The van der Waals surface area contributed by atoms with Crippen LogP contribution >= 0.6 is 0 Å². The third kappa shape index (κ3) is 3.56. The van der Waals surface area contributed by atoms with Crippen LogP contribution < -0.4 is 5.73 Å². The van der Waals surface area contributed by atoms with Crippen molar-refractivity contribution < 1.29 is 5.11 Å². The molecule has 2 atom stereocenters. The second kappa shape index (κ2) is 6.91. The molecule has 1 fully saturated rings. The normalized spacial score (nSPS) is 21.9. The molecule has 3 N–H and O–H groups in total. The maximum Gasteiger partial charge on any atom is 0.0760 e. The Morgan fingerprint density at radius 1 is 0.944 bits per heavy atom. The number of aliphatic hydroxyl groups excluding tert-OH is 1. The lowest BCUT2D eigenvalue weighted by Gasteiger charge is -2.29. The first kappa shape index (κ1) is 13.6. The monoisotopic (exact) mass is 247 g/mol. The summed E-state index contributed by atoms with van der Waals surface area (Å²) in [6.45, 7) is 0. The van der Waals surface area contributed by atoms with Gasteiger partial charge in [0.1, 0.15) is 0 Å². The van der Waals surface area contributed by atoms with Crippen molar-refractivity contribution in [3.05, 3.63) is 35.9 Å². The van der Waals surface area contributed by atoms with Crippen LogP contribution in [0.4, 0.5) is 0 Å². The van der Waals surface area contributed by atoms with Crippen LogP contribution in [-0.4, -0.2) is 11.2 Å². The van der Waals surface area contributed by atoms with Gasteiger partial charge in [-0.3, -0.25) is 0 Å². The van der Waals surface area contributed by atoms with Crippen LogP contribution in [0.5, 0.6) is 0 Å². The lowest BCUT2D eigenvalue weighted by molar-refractivity contribution is 0.0673. The van der Waals surface area contributed by atoms with E-state index in [0.29, 0.717) is 5.92 Å². The van der Waals surface area contributed by atoms with E-state index in [1.54, 1.807) is 0 Å². The number of hydrogen-bond donors (Lipinski definition) is 2. The van der Waals surface area contributed by atoms with E-state index >= 15 is 0 Å². The summed E-state index contributed by atoms with van der Waals surface area (Å²) in [7, 11) is 0. The Bertz CT molecular complexity index is 330. The van der Waals surface area contributed by atoms with E-state index < -0.39 is 6.10 Å². The van der Waals surface area contributed by atoms with E-state index in [1.165, 1.54) is 32.1 Å². The van der Waals surface area contributed by atoms with Crippen LogP contribution in [0.25, 0.3) is 0 Å². The number of benzene rings is 1. The molecule has 0 aromatic heterocycles. The molecule has 0 bridgehead atoms. The minimum absolute atomic E-state index is 0.240. The molecule has 2 heteroatoms. The standard InChI is InChI=1S/C16H25NO/c17-15(13-9-7-4-8-10-13)16(18)14-11-5-2-1-3-6-12-14/h4,7-10,14-16,18H,1-3,5-6,11-12,17H2. The van der Waals surface area contributed by atoms with Crippen molar-refractivity contribution in [1.29, 1.82) is 0 Å². The fourth-order valence-electron chi connectivity index (χ4n) is 2.99. The molecule has 0 heterocycles. The lowest BCUT2D eigenvalue weighted by atomic mass is 9.83. The van der Waals surface area contributed by atoms with Crippen molar-refractivity contribution in [2.24, 2.45) is 11.7 Å². The summed E-state index contributed by atoms with van der Waals surface area (Å²) >= 11 is 0. The molecule has 100 valence electrons. The van der Waals surface area contributed by atoms with Crippen LogP contribution in [0.3, 0.4) is 0 Å². The molecule has 1 aromatic carbocycles. The van der Waals surface area contributed by atoms with Crippen molar-refractivity contribution in [3.8, 4) is 0 Å². The van der Waals surface area contributed by atoms with Crippen molar-refractivity contribution in [2.45, 2.75) is 57.1 Å². The zero-order chi connectivity index (χ0) is 12.8. The van der Waals surface area contributed by atoms with E-state index in [1.807, 2.05) is 30.3 Å². The number of aliphatic hydroxyl groups is 1. The largest absolute Gasteiger partial charge is 0.391 e. The summed E-state index contributed by atoms with van der Waals surface area (Å²) in [6, 6.07) is 9.74. The van der Waals surface area contributed by atoms with E-state index in [9.17, 15) is 5.11 Å². The van der Waals surface area contributed by atoms with E-state index in [2.05, 4.69) is 0 Å². The Hall–Kier alpha value is -0.860. The van der Waals surface area contributed by atoms with Gasteiger partial charge >= 0.3 is 0 Å². The summed E-state index contributed by atoms with van der Waals surface area (Å²) in [5, 5.41) is 10.5. The van der Waals surface area contributed by atoms with Gasteiger partial charge in [-0.1, -0.05) is 62.4 Å². The Labute approximate surface area is 110 Å². The average Bonchev–Trinajstić information content (AvgIpc) is 2.38. The summed E-state index contributed by atoms with van der Waals surface area (Å²) in [5.41, 5.74) is 7.26. The lowest BCUT2D eigenvalue weighted by Crippen LogP contribution is -2.33. The van der Waals surface area contributed by atoms with Gasteiger partial charge in [0.05, 0.1) is 12.1 Å². The molecule has 1 aliphatic rings. The van der Waals surface area contributed by atoms with Gasteiger partial charge in [-0.15, -0.1) is 0 Å². The van der Waals surface area contributed by atoms with Crippen molar-refractivity contribution in [1.82, 2.24) is 0 Å². The molecule has 0 spiro atoms. The topological polar surface area (TPSA) is 46.2 Å². The van der Waals surface area contributed by atoms with Gasteiger partial charge in [0.2, 0.25) is 0 Å². The molecule has 2 unspecified atom stereocenters. The van der Waals surface area contributed by atoms with E-state index in [-0.39, 0.29) is 6.04 Å². The number of rotatable bonds is 3. The number of nitrogens with two attached hydrogens (primary N) is 1. The fourth-order valence-corrected chi connectivity index (χ4v) is 2.99. The van der Waals surface area contributed by atoms with E-state index in [4.69, 9.17) is 5.73 Å². The van der Waals surface area contributed by atoms with Gasteiger partial charge < -0.3 is 10.8 Å². The van der Waals surface area contributed by atoms with Crippen LogP contribution in [-0.2, 0) is 0 Å². The molecule has 0 aliphatic heterocycles. The highest BCUT2D eigenvalue weighted by Crippen LogP contribution is 2.29. The SMILES string of the molecule is NC(c1ccccc1)C(O)C1CCCCCCC1. The number of hydrogen-bond acceptors (Lipinski definition) is 2. The Kier molecular flexibility index (Phi) is 5.21. The van der Waals surface area contributed by atoms with Crippen LogP contribution in [0, 0.1) is 5.92 Å². The van der Waals surface area contributed by atoms with E-state index in [0.717, 1.165) is 18.4 Å². The van der Waals surface area contributed by atoms with Gasteiger partial charge in [0, 0.05) is 0 Å². The Morgan fingerprint density at radius 3 is 2.11 bits per heavy atom. The maximum absolute atomic E-state index is 10.5. The first-order valence-electron chi connectivity index (χ1n) is 7.27. The first-order chi connectivity index (χ1) is 8.79. The van der Waals surface area contributed by atoms with Gasteiger partial charge in [0.25, 0.3) is 0 Å². The predicted octanol–water partition coefficient (Wildman–Crippen LogP) is 3.41. The average molecular weight is 247 g/mol. The predicted molar refractivity (Wildman–Crippen MR) is 75.2 cm³/mol. The Morgan fingerprint density at radius 2 is 1.50 bits per heavy atom. The maximum atomic E-state index is 10.5. The van der Waals surface area contributed by atoms with Crippen molar-refractivity contribution in [3.63, 3.8) is 0 Å². The molecule has 1 saturated carbocycles. The quantitative estimate of drug-likeness (QED) is 0.860. The highest BCUT2D eigenvalue weighted by atomic mass is 16.3. The molecule has 0 radical (unpaired) electrons. The molecule has 2 nitrogen and oxygen atoms in total. The minimum atomic E-state index is -0.398. The van der Waals surface area contributed by atoms with Crippen LogP contribution in [0.15, 0.2) is 30.3 Å². The zero-order valence-electron chi connectivity index (χ0n) is 11.1. The smallest absolute Gasteiger partial charge is 0.0760 e. The summed E-state index contributed by atoms with van der Waals surface area (Å²) in [5.74, 6) is 0.375. The summed E-state index contributed by atoms with van der Waals surface area (Å²) in [6.07, 6.45) is 8.31. The fraction of sp³-hybridized carbons (Fsp3) is 0.625. The molecule has 2 rings (SSSR count). The van der Waals surface area contributed by atoms with Gasteiger partial charge in [-0.2, -0.15) is 0 Å². The second-order valence-electron chi connectivity index (χ2n) is 5.53. The molecule has 0 saturated heterocycles. The molecule has 1 aliphatic carbocycles. The third-order valence-corrected chi connectivity index (χ3v) is 4.19. The molecule has 18 heavy (non-hydrogen) atoms. The van der Waals surface area contributed by atoms with Gasteiger partial charge in [0.15, 0.2) is 0 Å². The van der Waals surface area contributed by atoms with Crippen molar-refractivity contribution in [2.75, 3.05) is 0 Å². The van der Waals surface area contributed by atoms with Crippen LogP contribution in [0.2, 0.25) is 0 Å².